The van der Waals surface area contributed by atoms with Gasteiger partial charge in [-0.05, 0) is 24.3 Å². The fourth-order valence-electron chi connectivity index (χ4n) is 1.32. The molecule has 5 nitrogen and oxygen atoms in total. The standard InChI is InChI=1S/C10H9ClN4O/c11-7-1-3-8(4-2-7)15-6-5-13-9(14-12)10(15)16/h1-6H,12H2,(H,13,14). The van der Waals surface area contributed by atoms with Gasteiger partial charge in [-0.15, -0.1) is 0 Å². The predicted molar refractivity (Wildman–Crippen MR) is 62.7 cm³/mol. The van der Waals surface area contributed by atoms with Crippen LogP contribution in [0.4, 0.5) is 5.82 Å². The minimum absolute atomic E-state index is 0.0949. The van der Waals surface area contributed by atoms with Crippen molar-refractivity contribution in [2.75, 3.05) is 5.43 Å². The molecule has 0 amide bonds. The zero-order valence-corrected chi connectivity index (χ0v) is 8.98. The number of nitrogens with zero attached hydrogens (tertiary/aromatic N) is 2. The molecule has 0 aliphatic rings. The van der Waals surface area contributed by atoms with E-state index in [2.05, 4.69) is 10.4 Å². The minimum Gasteiger partial charge on any atom is -0.304 e. The molecule has 0 aliphatic heterocycles. The van der Waals surface area contributed by atoms with E-state index in [1.807, 2.05) is 0 Å². The molecule has 0 aliphatic carbocycles. The number of hydrogen-bond donors (Lipinski definition) is 2. The summed E-state index contributed by atoms with van der Waals surface area (Å²) < 4.78 is 1.43. The third-order valence-corrected chi connectivity index (χ3v) is 2.33. The molecule has 16 heavy (non-hydrogen) atoms. The van der Waals surface area contributed by atoms with Crippen LogP contribution >= 0.6 is 11.6 Å². The Kier molecular flexibility index (Phi) is 2.89. The van der Waals surface area contributed by atoms with Crippen LogP contribution in [0, 0.1) is 0 Å². The first-order valence-corrected chi connectivity index (χ1v) is 4.90. The van der Waals surface area contributed by atoms with Crippen LogP contribution in [0.2, 0.25) is 5.02 Å². The van der Waals surface area contributed by atoms with Crippen molar-refractivity contribution in [2.24, 2.45) is 5.84 Å². The fourth-order valence-corrected chi connectivity index (χ4v) is 1.44. The monoisotopic (exact) mass is 236 g/mol. The topological polar surface area (TPSA) is 72.9 Å². The zero-order chi connectivity index (χ0) is 11.5. The maximum atomic E-state index is 11.8. The minimum atomic E-state index is -0.313. The summed E-state index contributed by atoms with van der Waals surface area (Å²) in [6.07, 6.45) is 3.05. The Labute approximate surface area is 96.5 Å². The molecule has 0 bridgehead atoms. The molecule has 1 aromatic carbocycles. The van der Waals surface area contributed by atoms with E-state index < -0.39 is 0 Å². The molecule has 0 fully saturated rings. The van der Waals surface area contributed by atoms with Crippen molar-refractivity contribution in [2.45, 2.75) is 0 Å². The molecule has 6 heteroatoms. The molecule has 2 aromatic rings. The number of anilines is 1. The molecular weight excluding hydrogens is 228 g/mol. The van der Waals surface area contributed by atoms with Crippen LogP contribution in [0.25, 0.3) is 5.69 Å². The van der Waals surface area contributed by atoms with Crippen molar-refractivity contribution in [3.63, 3.8) is 0 Å². The van der Waals surface area contributed by atoms with E-state index in [1.54, 1.807) is 30.5 Å². The summed E-state index contributed by atoms with van der Waals surface area (Å²) in [5.74, 6) is 5.27. The van der Waals surface area contributed by atoms with Crippen LogP contribution in [0.5, 0.6) is 0 Å². The number of halogens is 1. The van der Waals surface area contributed by atoms with Gasteiger partial charge in [0, 0.05) is 23.1 Å². The van der Waals surface area contributed by atoms with Crippen LogP contribution in [-0.4, -0.2) is 9.55 Å². The quantitative estimate of drug-likeness (QED) is 0.607. The Morgan fingerprint density at radius 2 is 2.00 bits per heavy atom. The van der Waals surface area contributed by atoms with E-state index in [9.17, 15) is 4.79 Å². The molecule has 0 unspecified atom stereocenters. The first kappa shape index (κ1) is 10.7. The average molecular weight is 237 g/mol. The van der Waals surface area contributed by atoms with E-state index in [0.717, 1.165) is 0 Å². The van der Waals surface area contributed by atoms with E-state index >= 15 is 0 Å². The van der Waals surface area contributed by atoms with Crippen molar-refractivity contribution in [3.8, 4) is 5.69 Å². The van der Waals surface area contributed by atoms with Gasteiger partial charge >= 0.3 is 0 Å². The zero-order valence-electron chi connectivity index (χ0n) is 8.22. The van der Waals surface area contributed by atoms with Gasteiger partial charge in [-0.2, -0.15) is 0 Å². The highest BCUT2D eigenvalue weighted by Gasteiger charge is 2.04. The number of nitrogen functional groups attached to an aromatic ring is 1. The number of aromatic nitrogens is 2. The highest BCUT2D eigenvalue weighted by Crippen LogP contribution is 2.11. The van der Waals surface area contributed by atoms with Crippen LogP contribution in [0.15, 0.2) is 41.5 Å². The summed E-state index contributed by atoms with van der Waals surface area (Å²) >= 11 is 5.77. The fraction of sp³-hybridized carbons (Fsp3) is 0. The van der Waals surface area contributed by atoms with E-state index in [0.29, 0.717) is 10.7 Å². The Bertz CT molecular complexity index is 549. The lowest BCUT2D eigenvalue weighted by molar-refractivity contribution is 0.953. The van der Waals surface area contributed by atoms with Crippen LogP contribution in [0.1, 0.15) is 0 Å². The number of nitrogens with two attached hydrogens (primary N) is 1. The maximum absolute atomic E-state index is 11.8. The Morgan fingerprint density at radius 3 is 2.62 bits per heavy atom. The number of nitrogens with one attached hydrogen (secondary N) is 1. The second kappa shape index (κ2) is 4.34. The molecule has 1 heterocycles. The summed E-state index contributed by atoms with van der Waals surface area (Å²) in [6, 6.07) is 6.90. The van der Waals surface area contributed by atoms with Crippen LogP contribution < -0.4 is 16.8 Å². The molecule has 0 spiro atoms. The molecule has 2 rings (SSSR count). The third kappa shape index (κ3) is 1.91. The largest absolute Gasteiger partial charge is 0.304 e. The number of rotatable bonds is 2. The molecular formula is C10H9ClN4O. The first-order valence-electron chi connectivity index (χ1n) is 4.52. The first-order chi connectivity index (χ1) is 7.72. The Morgan fingerprint density at radius 1 is 1.31 bits per heavy atom. The summed E-state index contributed by atoms with van der Waals surface area (Å²) in [5.41, 5.74) is 2.64. The van der Waals surface area contributed by atoms with Gasteiger partial charge in [0.1, 0.15) is 0 Å². The summed E-state index contributed by atoms with van der Waals surface area (Å²) in [5, 5.41) is 0.614. The summed E-state index contributed by atoms with van der Waals surface area (Å²) in [7, 11) is 0. The SMILES string of the molecule is NNc1nccn(-c2ccc(Cl)cc2)c1=O. The van der Waals surface area contributed by atoms with Gasteiger partial charge in [0.15, 0.2) is 0 Å². The summed E-state index contributed by atoms with van der Waals surface area (Å²) in [6.45, 7) is 0. The Hall–Kier alpha value is -1.85. The highest BCUT2D eigenvalue weighted by molar-refractivity contribution is 6.30. The van der Waals surface area contributed by atoms with Gasteiger partial charge in [-0.25, -0.2) is 10.8 Å². The summed E-state index contributed by atoms with van der Waals surface area (Å²) in [4.78, 5) is 15.6. The highest BCUT2D eigenvalue weighted by atomic mass is 35.5. The van der Waals surface area contributed by atoms with Crippen molar-refractivity contribution < 1.29 is 0 Å². The molecule has 1 aromatic heterocycles. The van der Waals surface area contributed by atoms with Gasteiger partial charge in [0.25, 0.3) is 5.56 Å². The molecule has 3 N–H and O–H groups in total. The molecule has 0 radical (unpaired) electrons. The average Bonchev–Trinajstić information content (AvgIpc) is 2.31. The van der Waals surface area contributed by atoms with Crippen molar-refractivity contribution >= 4 is 17.4 Å². The van der Waals surface area contributed by atoms with Crippen molar-refractivity contribution in [1.82, 2.24) is 9.55 Å². The molecule has 0 saturated carbocycles. The maximum Gasteiger partial charge on any atom is 0.299 e. The lowest BCUT2D eigenvalue weighted by Crippen LogP contribution is -2.25. The normalized spacial score (nSPS) is 10.1. The lowest BCUT2D eigenvalue weighted by atomic mass is 10.3. The smallest absolute Gasteiger partial charge is 0.299 e. The van der Waals surface area contributed by atoms with Gasteiger partial charge in [-0.1, -0.05) is 11.6 Å². The van der Waals surface area contributed by atoms with E-state index in [4.69, 9.17) is 17.4 Å². The number of benzene rings is 1. The van der Waals surface area contributed by atoms with E-state index in [-0.39, 0.29) is 11.4 Å². The van der Waals surface area contributed by atoms with Gasteiger partial charge < -0.3 is 5.43 Å². The third-order valence-electron chi connectivity index (χ3n) is 2.08. The molecule has 0 atom stereocenters. The molecule has 0 saturated heterocycles. The number of hydrogen-bond acceptors (Lipinski definition) is 4. The van der Waals surface area contributed by atoms with Crippen LogP contribution in [-0.2, 0) is 0 Å². The van der Waals surface area contributed by atoms with E-state index in [1.165, 1.54) is 10.8 Å². The lowest BCUT2D eigenvalue weighted by Gasteiger charge is -2.06. The van der Waals surface area contributed by atoms with Gasteiger partial charge in [0.05, 0.1) is 0 Å². The Balaban J connectivity index is 2.56. The predicted octanol–water partition coefficient (Wildman–Crippen LogP) is 1.17. The van der Waals surface area contributed by atoms with Gasteiger partial charge in [-0.3, -0.25) is 9.36 Å². The van der Waals surface area contributed by atoms with Crippen LogP contribution in [0.3, 0.4) is 0 Å². The van der Waals surface area contributed by atoms with Crippen molar-refractivity contribution in [1.29, 1.82) is 0 Å². The van der Waals surface area contributed by atoms with Crippen molar-refractivity contribution in [3.05, 3.63) is 52.0 Å². The second-order valence-corrected chi connectivity index (χ2v) is 3.51. The molecule has 82 valence electrons. The van der Waals surface area contributed by atoms with Gasteiger partial charge in [0.2, 0.25) is 5.82 Å². The number of hydrazine groups is 1. The second-order valence-electron chi connectivity index (χ2n) is 3.07.